The highest BCUT2D eigenvalue weighted by molar-refractivity contribution is 7.92. The summed E-state index contributed by atoms with van der Waals surface area (Å²) < 4.78 is 65.9. The number of rotatable bonds is 11. The minimum absolute atomic E-state index is 0.145. The van der Waals surface area contributed by atoms with E-state index in [0.29, 0.717) is 35.0 Å². The van der Waals surface area contributed by atoms with Crippen LogP contribution in [0.1, 0.15) is 37.8 Å². The summed E-state index contributed by atoms with van der Waals surface area (Å²) in [4.78, 5) is 27.7. The first-order chi connectivity index (χ1) is 17.6. The number of hydrogen-bond donors (Lipinski definition) is 1. The number of carbonyl (C=O) groups excluding carboxylic acids is 2. The van der Waals surface area contributed by atoms with E-state index in [1.165, 1.54) is 12.1 Å². The van der Waals surface area contributed by atoms with Crippen LogP contribution in [0.5, 0.6) is 0 Å². The lowest BCUT2D eigenvalue weighted by Gasteiger charge is -2.33. The molecule has 7 nitrogen and oxygen atoms in total. The van der Waals surface area contributed by atoms with Crippen LogP contribution in [0, 0.1) is 0 Å². The molecule has 2 aromatic carbocycles. The second-order valence-corrected chi connectivity index (χ2v) is 11.5. The Balaban J connectivity index is 2.59. The molecule has 1 atom stereocenters. The molecule has 0 saturated carbocycles. The zero-order valence-electron chi connectivity index (χ0n) is 20.8. The van der Waals surface area contributed by atoms with Crippen molar-refractivity contribution in [2.75, 3.05) is 23.7 Å². The van der Waals surface area contributed by atoms with Crippen molar-refractivity contribution < 1.29 is 31.2 Å². The van der Waals surface area contributed by atoms with Gasteiger partial charge in [-0.05, 0) is 43.2 Å². The highest BCUT2D eigenvalue weighted by Gasteiger charge is 2.35. The van der Waals surface area contributed by atoms with Gasteiger partial charge in [-0.3, -0.25) is 13.9 Å². The first-order valence-corrected chi connectivity index (χ1v) is 14.4. The zero-order chi connectivity index (χ0) is 28.8. The molecule has 0 saturated heterocycles. The normalized spacial score (nSPS) is 12.7. The molecule has 0 fully saturated rings. The molecular formula is C24H27Cl3F3N3O4S. The van der Waals surface area contributed by atoms with Crippen molar-refractivity contribution in [3.05, 3.63) is 62.6 Å². The molecule has 0 spiro atoms. The summed E-state index contributed by atoms with van der Waals surface area (Å²) in [6.45, 7) is 2.64. The maximum Gasteiger partial charge on any atom is 0.416 e. The van der Waals surface area contributed by atoms with Gasteiger partial charge >= 0.3 is 6.18 Å². The fraction of sp³-hybridized carbons (Fsp3) is 0.417. The molecule has 2 aromatic rings. The van der Waals surface area contributed by atoms with Gasteiger partial charge in [-0.2, -0.15) is 13.2 Å². The number of nitrogens with zero attached hydrogens (tertiary/aromatic N) is 2. The van der Waals surface area contributed by atoms with E-state index in [0.717, 1.165) is 17.2 Å². The summed E-state index contributed by atoms with van der Waals surface area (Å²) in [5, 5.41) is 2.81. The fourth-order valence-corrected chi connectivity index (χ4v) is 5.25. The summed E-state index contributed by atoms with van der Waals surface area (Å²) in [6, 6.07) is 5.76. The van der Waals surface area contributed by atoms with Crippen molar-refractivity contribution in [1.82, 2.24) is 10.2 Å². The Bertz CT molecular complexity index is 1260. The lowest BCUT2D eigenvalue weighted by atomic mass is 10.1. The molecule has 2 amide bonds. The molecular weight excluding hydrogens is 590 g/mol. The Morgan fingerprint density at radius 3 is 2.13 bits per heavy atom. The van der Waals surface area contributed by atoms with Crippen LogP contribution in [-0.4, -0.2) is 50.5 Å². The van der Waals surface area contributed by atoms with Gasteiger partial charge in [0.25, 0.3) is 0 Å². The van der Waals surface area contributed by atoms with E-state index in [1.807, 2.05) is 6.92 Å². The molecule has 0 aromatic heterocycles. The lowest BCUT2D eigenvalue weighted by Crippen LogP contribution is -2.52. The fourth-order valence-electron chi connectivity index (χ4n) is 3.61. The summed E-state index contributed by atoms with van der Waals surface area (Å²) >= 11 is 18.7. The highest BCUT2D eigenvalue weighted by Crippen LogP contribution is 2.36. The molecule has 2 rings (SSSR count). The van der Waals surface area contributed by atoms with Gasteiger partial charge in [0.05, 0.1) is 22.5 Å². The number of carbonyl (C=O) groups is 2. The Kier molecular flexibility index (Phi) is 11.1. The Morgan fingerprint density at radius 1 is 1.03 bits per heavy atom. The summed E-state index contributed by atoms with van der Waals surface area (Å²) in [7, 11) is -4.31. The molecule has 0 aliphatic heterocycles. The number of sulfonamides is 1. The molecule has 210 valence electrons. The van der Waals surface area contributed by atoms with E-state index in [-0.39, 0.29) is 28.0 Å². The third-order valence-corrected chi connectivity index (χ3v) is 7.70. The monoisotopic (exact) mass is 615 g/mol. The smallest absolute Gasteiger partial charge is 0.354 e. The molecule has 14 heteroatoms. The Morgan fingerprint density at radius 2 is 1.63 bits per heavy atom. The first kappa shape index (κ1) is 32.0. The van der Waals surface area contributed by atoms with Crippen molar-refractivity contribution in [2.24, 2.45) is 0 Å². The van der Waals surface area contributed by atoms with Crippen molar-refractivity contribution >= 4 is 62.3 Å². The van der Waals surface area contributed by atoms with Crippen molar-refractivity contribution in [3.8, 4) is 0 Å². The van der Waals surface area contributed by atoms with Gasteiger partial charge in [-0.15, -0.1) is 0 Å². The third-order valence-electron chi connectivity index (χ3n) is 5.55. The van der Waals surface area contributed by atoms with Crippen LogP contribution in [0.3, 0.4) is 0 Å². The van der Waals surface area contributed by atoms with Crippen molar-refractivity contribution in [3.63, 3.8) is 0 Å². The molecule has 1 N–H and O–H groups in total. The van der Waals surface area contributed by atoms with Crippen molar-refractivity contribution in [1.29, 1.82) is 0 Å². The van der Waals surface area contributed by atoms with E-state index in [1.54, 1.807) is 13.0 Å². The van der Waals surface area contributed by atoms with Crippen LogP contribution < -0.4 is 9.62 Å². The molecule has 0 aliphatic carbocycles. The molecule has 38 heavy (non-hydrogen) atoms. The van der Waals surface area contributed by atoms with Gasteiger partial charge in [-0.1, -0.05) is 54.7 Å². The zero-order valence-corrected chi connectivity index (χ0v) is 23.9. The Labute approximate surface area is 234 Å². The minimum atomic E-state index is -4.79. The second kappa shape index (κ2) is 13.2. The van der Waals surface area contributed by atoms with Crippen LogP contribution in [-0.2, 0) is 32.3 Å². The van der Waals surface area contributed by atoms with Crippen LogP contribution in [0.2, 0.25) is 15.1 Å². The molecule has 0 bridgehead atoms. The van der Waals surface area contributed by atoms with E-state index < -0.39 is 51.9 Å². The van der Waals surface area contributed by atoms with Gasteiger partial charge < -0.3 is 10.2 Å². The summed E-state index contributed by atoms with van der Waals surface area (Å²) in [5.74, 6) is -1.37. The molecule has 0 unspecified atom stereocenters. The van der Waals surface area contributed by atoms with Crippen LogP contribution >= 0.6 is 34.8 Å². The second-order valence-electron chi connectivity index (χ2n) is 8.37. The van der Waals surface area contributed by atoms with Gasteiger partial charge in [0.15, 0.2) is 0 Å². The van der Waals surface area contributed by atoms with Crippen molar-refractivity contribution in [2.45, 2.75) is 45.5 Å². The quantitative estimate of drug-likeness (QED) is 0.348. The van der Waals surface area contributed by atoms with Gasteiger partial charge in [-0.25, -0.2) is 8.42 Å². The summed E-state index contributed by atoms with van der Waals surface area (Å²) in [6.07, 6.45) is -3.28. The Hall–Kier alpha value is -2.21. The number of benzene rings is 2. The topological polar surface area (TPSA) is 86.8 Å². The van der Waals surface area contributed by atoms with E-state index >= 15 is 0 Å². The maximum atomic E-state index is 13.7. The predicted octanol–water partition coefficient (Wildman–Crippen LogP) is 5.77. The predicted molar refractivity (Wildman–Crippen MR) is 143 cm³/mol. The standard InChI is InChI=1S/C24H27Cl3F3N3O4S/c1-4-11-31-23(35)20(5-2)32(13-16-17(25)7-6-8-18(16)26)22(34)14-33(38(3,36)37)21-12-15(24(28,29)30)9-10-19(21)27/h6-10,12,20H,4-5,11,13-14H2,1-3H3,(H,31,35)/t20-/m1/s1. The SMILES string of the molecule is CCCNC(=O)[C@@H](CC)N(Cc1c(Cl)cccc1Cl)C(=O)CN(c1cc(C(F)(F)F)ccc1Cl)S(C)(=O)=O. The van der Waals surface area contributed by atoms with Gasteiger partial charge in [0.2, 0.25) is 21.8 Å². The third kappa shape index (κ3) is 8.14. The first-order valence-electron chi connectivity index (χ1n) is 11.5. The van der Waals surface area contributed by atoms with Crippen LogP contribution in [0.4, 0.5) is 18.9 Å². The average molecular weight is 617 g/mol. The largest absolute Gasteiger partial charge is 0.416 e. The molecule has 0 aliphatic rings. The van der Waals surface area contributed by atoms with E-state index in [4.69, 9.17) is 34.8 Å². The van der Waals surface area contributed by atoms with Crippen LogP contribution in [0.15, 0.2) is 36.4 Å². The van der Waals surface area contributed by atoms with Gasteiger partial charge in [0.1, 0.15) is 12.6 Å². The average Bonchev–Trinajstić information content (AvgIpc) is 2.81. The van der Waals surface area contributed by atoms with E-state index in [2.05, 4.69) is 5.32 Å². The minimum Gasteiger partial charge on any atom is -0.354 e. The van der Waals surface area contributed by atoms with Crippen LogP contribution in [0.25, 0.3) is 0 Å². The lowest BCUT2D eigenvalue weighted by molar-refractivity contribution is -0.140. The van der Waals surface area contributed by atoms with E-state index in [9.17, 15) is 31.2 Å². The van der Waals surface area contributed by atoms with Gasteiger partial charge in [0, 0.05) is 28.7 Å². The number of hydrogen-bond acceptors (Lipinski definition) is 4. The number of halogens is 6. The number of anilines is 1. The number of nitrogens with one attached hydrogen (secondary N) is 1. The number of amides is 2. The molecule has 0 heterocycles. The summed E-state index contributed by atoms with van der Waals surface area (Å²) in [5.41, 5.74) is -1.37. The molecule has 0 radical (unpaired) electrons. The highest BCUT2D eigenvalue weighted by atomic mass is 35.5. The maximum absolute atomic E-state index is 13.7. The number of alkyl halides is 3.